The van der Waals surface area contributed by atoms with Crippen LogP contribution in [-0.2, 0) is 16.1 Å². The van der Waals surface area contributed by atoms with E-state index in [9.17, 15) is 14.4 Å². The predicted octanol–water partition coefficient (Wildman–Crippen LogP) is 4.42. The molecule has 0 radical (unpaired) electrons. The van der Waals surface area contributed by atoms with Gasteiger partial charge in [0.25, 0.3) is 11.5 Å². The van der Waals surface area contributed by atoms with Crippen LogP contribution in [0, 0.1) is 5.92 Å². The highest BCUT2D eigenvalue weighted by Gasteiger charge is 2.31. The number of carbonyl (C=O) groups excluding carboxylic acids is 2. The molecule has 1 aromatic carbocycles. The number of benzene rings is 1. The summed E-state index contributed by atoms with van der Waals surface area (Å²) in [5, 5.41) is 0.743. The minimum Gasteiger partial charge on any atom is -0.478 e. The van der Waals surface area contributed by atoms with Crippen LogP contribution in [0.2, 0.25) is 5.02 Å². The molecule has 38 heavy (non-hydrogen) atoms. The Morgan fingerprint density at radius 3 is 2.50 bits per heavy atom. The number of pyridine rings is 2. The third-order valence-electron chi connectivity index (χ3n) is 5.74. The molecule has 0 aliphatic heterocycles. The van der Waals surface area contributed by atoms with Gasteiger partial charge in [0, 0.05) is 17.8 Å². The van der Waals surface area contributed by atoms with Crippen molar-refractivity contribution in [2.75, 3.05) is 6.61 Å². The second-order valence-electron chi connectivity index (χ2n) is 9.67. The largest absolute Gasteiger partial charge is 0.478 e. The van der Waals surface area contributed by atoms with E-state index in [1.54, 1.807) is 74.0 Å². The van der Waals surface area contributed by atoms with Crippen molar-refractivity contribution in [3.63, 3.8) is 0 Å². The van der Waals surface area contributed by atoms with Crippen LogP contribution in [0.15, 0.2) is 64.5 Å². The molecule has 0 fully saturated rings. The van der Waals surface area contributed by atoms with Crippen LogP contribution < -0.4 is 15.8 Å². The summed E-state index contributed by atoms with van der Waals surface area (Å²) in [6.45, 7) is 9.24. The van der Waals surface area contributed by atoms with Crippen LogP contribution in [0.1, 0.15) is 45.0 Å². The predicted molar refractivity (Wildman–Crippen MR) is 144 cm³/mol. The van der Waals surface area contributed by atoms with E-state index in [0.29, 0.717) is 28.6 Å². The molecule has 4 rings (SSSR count). The normalized spacial score (nSPS) is 12.3. The van der Waals surface area contributed by atoms with Gasteiger partial charge in [-0.1, -0.05) is 31.5 Å². The molecule has 3 heterocycles. The monoisotopic (exact) mass is 536 g/mol. The Hall–Kier alpha value is -3.98. The number of hydrogen-bond donors (Lipinski definition) is 0. The van der Waals surface area contributed by atoms with Crippen molar-refractivity contribution < 1.29 is 19.1 Å². The van der Waals surface area contributed by atoms with Gasteiger partial charge in [0.2, 0.25) is 0 Å². The Morgan fingerprint density at radius 1 is 1.13 bits per heavy atom. The van der Waals surface area contributed by atoms with Gasteiger partial charge in [0.1, 0.15) is 22.6 Å². The highest BCUT2D eigenvalue weighted by atomic mass is 35.5. The Morgan fingerprint density at radius 2 is 1.84 bits per heavy atom. The van der Waals surface area contributed by atoms with Gasteiger partial charge in [0.05, 0.1) is 12.0 Å². The number of ether oxygens (including phenoxy) is 2. The SMILES string of the molecule is CCOC(=O)c1cc2c(=O)n3ccccc3nc2n(CC(C)C)c1=NC(=O)C(C)(C)Oc1ccc(Cl)cc1. The Bertz CT molecular complexity index is 1650. The van der Waals surface area contributed by atoms with Gasteiger partial charge in [-0.15, -0.1) is 0 Å². The van der Waals surface area contributed by atoms with Crippen molar-refractivity contribution in [1.29, 1.82) is 0 Å². The van der Waals surface area contributed by atoms with E-state index in [0.717, 1.165) is 0 Å². The Kier molecular flexibility index (Phi) is 7.68. The van der Waals surface area contributed by atoms with E-state index in [4.69, 9.17) is 26.1 Å². The van der Waals surface area contributed by atoms with Crippen LogP contribution in [0.4, 0.5) is 0 Å². The maximum atomic E-state index is 13.5. The molecule has 0 saturated heterocycles. The van der Waals surface area contributed by atoms with E-state index >= 15 is 0 Å². The lowest BCUT2D eigenvalue weighted by molar-refractivity contribution is -0.130. The quantitative estimate of drug-likeness (QED) is 0.256. The average Bonchev–Trinajstić information content (AvgIpc) is 2.86. The van der Waals surface area contributed by atoms with Crippen LogP contribution in [-0.4, -0.2) is 38.0 Å². The minimum atomic E-state index is -1.39. The zero-order valence-electron chi connectivity index (χ0n) is 21.9. The van der Waals surface area contributed by atoms with Gasteiger partial charge in [-0.3, -0.25) is 14.0 Å². The summed E-state index contributed by atoms with van der Waals surface area (Å²) in [5.74, 6) is -0.831. The number of amides is 1. The number of halogens is 1. The van der Waals surface area contributed by atoms with Crippen molar-refractivity contribution in [2.45, 2.75) is 46.8 Å². The smallest absolute Gasteiger partial charge is 0.341 e. The van der Waals surface area contributed by atoms with Crippen LogP contribution >= 0.6 is 11.6 Å². The van der Waals surface area contributed by atoms with Crippen molar-refractivity contribution >= 4 is 40.2 Å². The molecule has 0 N–H and O–H groups in total. The molecule has 10 heteroatoms. The van der Waals surface area contributed by atoms with E-state index in [1.807, 2.05) is 13.8 Å². The van der Waals surface area contributed by atoms with Gasteiger partial charge in [-0.05, 0) is 69.2 Å². The fourth-order valence-corrected chi connectivity index (χ4v) is 4.09. The van der Waals surface area contributed by atoms with Crippen molar-refractivity contribution in [1.82, 2.24) is 14.0 Å². The van der Waals surface area contributed by atoms with E-state index < -0.39 is 17.5 Å². The van der Waals surface area contributed by atoms with Crippen molar-refractivity contribution in [3.05, 3.63) is 81.2 Å². The van der Waals surface area contributed by atoms with Gasteiger partial charge in [-0.2, -0.15) is 4.99 Å². The second kappa shape index (κ2) is 10.8. The first-order chi connectivity index (χ1) is 18.0. The number of nitrogens with zero attached hydrogens (tertiary/aromatic N) is 4. The molecule has 0 spiro atoms. The molecule has 0 bridgehead atoms. The lowest BCUT2D eigenvalue weighted by Crippen LogP contribution is -2.40. The number of esters is 1. The third kappa shape index (κ3) is 5.47. The molecular weight excluding hydrogens is 508 g/mol. The summed E-state index contributed by atoms with van der Waals surface area (Å²) in [6.07, 6.45) is 1.61. The first-order valence-corrected chi connectivity index (χ1v) is 12.7. The highest BCUT2D eigenvalue weighted by molar-refractivity contribution is 6.30. The summed E-state index contributed by atoms with van der Waals surface area (Å²) < 4.78 is 14.3. The molecule has 4 aromatic rings. The number of fused-ring (bicyclic) bond motifs is 2. The molecule has 0 saturated carbocycles. The van der Waals surface area contributed by atoms with Crippen molar-refractivity contribution in [2.24, 2.45) is 10.9 Å². The zero-order chi connectivity index (χ0) is 27.6. The standard InChI is InChI=1S/C28H29ClN4O5/c1-6-37-26(35)21-15-20-23(30-22-9-7-8-14-32(22)25(20)34)33(16-17(2)3)24(21)31-27(36)28(4,5)38-19-12-10-18(29)11-13-19/h7-15,17H,6,16H2,1-5H3. The van der Waals surface area contributed by atoms with Gasteiger partial charge >= 0.3 is 5.97 Å². The van der Waals surface area contributed by atoms with E-state index in [-0.39, 0.29) is 34.5 Å². The first kappa shape index (κ1) is 27.1. The molecule has 0 unspecified atom stereocenters. The minimum absolute atomic E-state index is 0.00887. The highest BCUT2D eigenvalue weighted by Crippen LogP contribution is 2.22. The average molecular weight is 537 g/mol. The summed E-state index contributed by atoms with van der Waals surface area (Å²) in [4.78, 5) is 49.1. The van der Waals surface area contributed by atoms with Crippen molar-refractivity contribution in [3.8, 4) is 5.75 Å². The maximum Gasteiger partial charge on any atom is 0.341 e. The zero-order valence-corrected chi connectivity index (χ0v) is 22.7. The van der Waals surface area contributed by atoms with Gasteiger partial charge < -0.3 is 14.0 Å². The fourth-order valence-electron chi connectivity index (χ4n) is 3.97. The van der Waals surface area contributed by atoms with E-state index in [2.05, 4.69) is 4.99 Å². The molecule has 0 aliphatic rings. The maximum absolute atomic E-state index is 13.5. The van der Waals surface area contributed by atoms with Crippen LogP contribution in [0.25, 0.3) is 16.7 Å². The molecule has 198 valence electrons. The molecule has 1 amide bonds. The van der Waals surface area contributed by atoms with Gasteiger partial charge in [0.15, 0.2) is 11.1 Å². The molecule has 0 atom stereocenters. The second-order valence-corrected chi connectivity index (χ2v) is 10.1. The summed E-state index contributed by atoms with van der Waals surface area (Å²) in [6, 6.07) is 13.2. The Balaban J connectivity index is 2.00. The number of carbonyl (C=O) groups is 2. The first-order valence-electron chi connectivity index (χ1n) is 12.3. The van der Waals surface area contributed by atoms with Crippen LogP contribution in [0.5, 0.6) is 5.75 Å². The van der Waals surface area contributed by atoms with Gasteiger partial charge in [-0.25, -0.2) is 9.78 Å². The topological polar surface area (TPSA) is 104 Å². The summed E-state index contributed by atoms with van der Waals surface area (Å²) >= 11 is 5.96. The molecule has 0 aliphatic carbocycles. The number of hydrogen-bond acceptors (Lipinski definition) is 6. The fraction of sp³-hybridized carbons (Fsp3) is 0.321. The molecular formula is C28H29ClN4O5. The molecule has 9 nitrogen and oxygen atoms in total. The Labute approximate surface area is 224 Å². The number of aromatic nitrogens is 3. The lowest BCUT2D eigenvalue weighted by Gasteiger charge is -2.23. The van der Waals surface area contributed by atoms with E-state index in [1.165, 1.54) is 10.5 Å². The third-order valence-corrected chi connectivity index (χ3v) is 5.99. The number of rotatable bonds is 7. The summed E-state index contributed by atoms with van der Waals surface area (Å²) in [5.41, 5.74) is -0.959. The van der Waals surface area contributed by atoms with Crippen LogP contribution in [0.3, 0.4) is 0 Å². The molecule has 3 aromatic heterocycles. The lowest BCUT2D eigenvalue weighted by atomic mass is 10.1. The summed E-state index contributed by atoms with van der Waals surface area (Å²) in [7, 11) is 0.